The van der Waals surface area contributed by atoms with E-state index in [0.29, 0.717) is 60.1 Å². The summed E-state index contributed by atoms with van der Waals surface area (Å²) >= 11 is 0. The van der Waals surface area contributed by atoms with Gasteiger partial charge in [0.1, 0.15) is 35.7 Å². The topological polar surface area (TPSA) is 176 Å². The van der Waals surface area contributed by atoms with Crippen molar-refractivity contribution in [2.75, 3.05) is 38.9 Å². The van der Waals surface area contributed by atoms with E-state index < -0.39 is 34.2 Å². The molecule has 3 unspecified atom stereocenters. The average Bonchev–Trinajstić information content (AvgIpc) is 4.21. The molecule has 1 fully saturated rings. The molecule has 0 spiro atoms. The minimum absolute atomic E-state index is 0.0807. The standard InChI is InChI=1S/C58H65NO12/c1-7-57(4,52(62)43-15-23-45(24-16-43)59-51(61)33-14-40-12-27-47(66-6)28-13-40)39-58(5,38-56(2,3)54(64)70-37-50-36-69-50)55(65)68-35-11-9-8-10-34-67-48-29-21-44(22-30-48)53(63)71-49-31-19-42(20-32-49)41-17-25-46(60)26-18-41/h12-33,50,60H,7-11,34-39H2,1-6H3,(H,59,61)/b33-14+. The van der Waals surface area contributed by atoms with E-state index in [1.807, 2.05) is 62.4 Å². The van der Waals surface area contributed by atoms with Crippen molar-refractivity contribution in [1.82, 2.24) is 0 Å². The van der Waals surface area contributed by atoms with Crippen molar-refractivity contribution >= 4 is 41.4 Å². The molecule has 374 valence electrons. The largest absolute Gasteiger partial charge is 0.508 e. The van der Waals surface area contributed by atoms with Gasteiger partial charge >= 0.3 is 17.9 Å². The summed E-state index contributed by atoms with van der Waals surface area (Å²) in [5, 5.41) is 12.4. The molecule has 71 heavy (non-hydrogen) atoms. The molecule has 6 rings (SSSR count). The van der Waals surface area contributed by atoms with Gasteiger partial charge in [-0.3, -0.25) is 19.2 Å². The Labute approximate surface area is 416 Å². The molecule has 13 heteroatoms. The minimum Gasteiger partial charge on any atom is -0.508 e. The molecule has 0 saturated carbocycles. The number of benzene rings is 5. The summed E-state index contributed by atoms with van der Waals surface area (Å²) in [6, 6.07) is 34.7. The Hall–Kier alpha value is -7.25. The van der Waals surface area contributed by atoms with Gasteiger partial charge in [-0.1, -0.05) is 50.2 Å². The van der Waals surface area contributed by atoms with Crippen molar-refractivity contribution < 1.29 is 57.5 Å². The normalized spacial score (nSPS) is 14.9. The molecule has 1 aliphatic rings. The fourth-order valence-corrected chi connectivity index (χ4v) is 8.44. The number of amides is 1. The predicted molar refractivity (Wildman–Crippen MR) is 272 cm³/mol. The lowest BCUT2D eigenvalue weighted by molar-refractivity contribution is -0.165. The Bertz CT molecular complexity index is 2600. The van der Waals surface area contributed by atoms with E-state index in [1.165, 1.54) is 6.08 Å². The highest BCUT2D eigenvalue weighted by atomic mass is 16.6. The lowest BCUT2D eigenvalue weighted by Gasteiger charge is -2.40. The number of hydrogen-bond acceptors (Lipinski definition) is 12. The fourth-order valence-electron chi connectivity index (χ4n) is 8.44. The SMILES string of the molecule is CCC(C)(CC(C)(CC(C)(C)C(=O)OCC1CO1)C(=O)OCCCCCCOc1ccc(C(=O)Oc2ccc(-c3ccc(O)cc3)cc2)cc1)C(=O)c1ccc(NC(=O)/C=C/c2ccc(OC)cc2)cc1. The van der Waals surface area contributed by atoms with Crippen LogP contribution in [-0.4, -0.2) is 74.3 Å². The Morgan fingerprint density at radius 1 is 0.662 bits per heavy atom. The van der Waals surface area contributed by atoms with Crippen molar-refractivity contribution in [2.45, 2.75) is 85.7 Å². The van der Waals surface area contributed by atoms with E-state index in [1.54, 1.807) is 107 Å². The Kier molecular flexibility index (Phi) is 18.4. The molecule has 0 aromatic heterocycles. The van der Waals surface area contributed by atoms with Gasteiger partial charge in [0.2, 0.25) is 5.91 Å². The number of carbonyl (C=O) groups excluding carboxylic acids is 5. The Morgan fingerprint density at radius 2 is 1.24 bits per heavy atom. The van der Waals surface area contributed by atoms with E-state index in [4.69, 9.17) is 28.4 Å². The molecular weight excluding hydrogens is 903 g/mol. The first-order valence-corrected chi connectivity index (χ1v) is 24.1. The second kappa shape index (κ2) is 24.5. The summed E-state index contributed by atoms with van der Waals surface area (Å²) < 4.78 is 33.4. The molecule has 1 heterocycles. The number of aromatic hydroxyl groups is 1. The van der Waals surface area contributed by atoms with Crippen LogP contribution in [-0.2, 0) is 28.6 Å². The summed E-state index contributed by atoms with van der Waals surface area (Å²) in [7, 11) is 1.59. The molecule has 1 saturated heterocycles. The van der Waals surface area contributed by atoms with E-state index in [2.05, 4.69) is 5.32 Å². The minimum atomic E-state index is -1.25. The number of rotatable bonds is 26. The number of methoxy groups -OCH3 is 1. The first-order chi connectivity index (χ1) is 34.0. The van der Waals surface area contributed by atoms with Gasteiger partial charge < -0.3 is 38.8 Å². The van der Waals surface area contributed by atoms with Crippen LogP contribution < -0.4 is 19.5 Å². The molecule has 2 N–H and O–H groups in total. The van der Waals surface area contributed by atoms with Crippen LogP contribution in [0.2, 0.25) is 0 Å². The maximum atomic E-state index is 14.4. The molecular formula is C58H65NO12. The zero-order valence-electron chi connectivity index (χ0n) is 41.5. The number of ether oxygens (including phenoxy) is 6. The van der Waals surface area contributed by atoms with Gasteiger partial charge in [-0.25, -0.2) is 4.79 Å². The maximum Gasteiger partial charge on any atom is 0.343 e. The fraction of sp³-hybridized carbons (Fsp3) is 0.362. The first kappa shape index (κ1) is 53.1. The van der Waals surface area contributed by atoms with E-state index in [0.717, 1.165) is 36.0 Å². The molecule has 13 nitrogen and oxygen atoms in total. The third-order valence-corrected chi connectivity index (χ3v) is 12.6. The monoisotopic (exact) mass is 967 g/mol. The number of Topliss-reactive ketones (excluding diaryl/α,β-unsaturated/α-hetero) is 1. The Balaban J connectivity index is 0.975. The van der Waals surface area contributed by atoms with Crippen molar-refractivity contribution in [2.24, 2.45) is 16.2 Å². The van der Waals surface area contributed by atoms with Crippen LogP contribution in [0.4, 0.5) is 5.69 Å². The lowest BCUT2D eigenvalue weighted by atomic mass is 9.63. The van der Waals surface area contributed by atoms with Gasteiger partial charge in [-0.15, -0.1) is 0 Å². The second-order valence-electron chi connectivity index (χ2n) is 19.2. The summed E-state index contributed by atoms with van der Waals surface area (Å²) in [5.41, 5.74) is 0.656. The number of phenolic OH excluding ortho intramolecular Hbond substituents is 1. The summed E-state index contributed by atoms with van der Waals surface area (Å²) in [5.74, 6) is -0.00583. The molecule has 5 aromatic rings. The van der Waals surface area contributed by atoms with Gasteiger partial charge in [0.25, 0.3) is 0 Å². The number of phenols is 1. The van der Waals surface area contributed by atoms with Crippen LogP contribution in [0.3, 0.4) is 0 Å². The number of epoxide rings is 1. The zero-order valence-corrected chi connectivity index (χ0v) is 41.5. The maximum absolute atomic E-state index is 14.4. The lowest BCUT2D eigenvalue weighted by Crippen LogP contribution is -2.44. The average molecular weight is 968 g/mol. The number of ketones is 1. The molecule has 1 amide bonds. The van der Waals surface area contributed by atoms with Crippen LogP contribution in [0.25, 0.3) is 17.2 Å². The van der Waals surface area contributed by atoms with Crippen LogP contribution >= 0.6 is 0 Å². The van der Waals surface area contributed by atoms with Gasteiger partial charge in [0.15, 0.2) is 5.78 Å². The van der Waals surface area contributed by atoms with Gasteiger partial charge in [0.05, 0.1) is 43.3 Å². The third-order valence-electron chi connectivity index (χ3n) is 12.6. The van der Waals surface area contributed by atoms with E-state index >= 15 is 0 Å². The van der Waals surface area contributed by atoms with Crippen molar-refractivity contribution in [3.05, 3.63) is 144 Å². The van der Waals surface area contributed by atoms with Gasteiger partial charge in [-0.2, -0.15) is 0 Å². The van der Waals surface area contributed by atoms with Crippen LogP contribution in [0.15, 0.2) is 127 Å². The van der Waals surface area contributed by atoms with Crippen LogP contribution in [0.1, 0.15) is 106 Å². The van der Waals surface area contributed by atoms with Gasteiger partial charge in [-0.05, 0) is 173 Å². The highest BCUT2D eigenvalue weighted by Gasteiger charge is 2.49. The number of nitrogens with one attached hydrogen (secondary N) is 1. The van der Waals surface area contributed by atoms with Crippen molar-refractivity contribution in [1.29, 1.82) is 0 Å². The molecule has 0 bridgehead atoms. The third kappa shape index (κ3) is 15.6. The van der Waals surface area contributed by atoms with Crippen LogP contribution in [0, 0.1) is 16.2 Å². The molecule has 5 aromatic carbocycles. The summed E-state index contributed by atoms with van der Waals surface area (Å²) in [4.78, 5) is 67.5. The number of esters is 3. The number of unbranched alkanes of at least 4 members (excludes halogenated alkanes) is 3. The summed E-state index contributed by atoms with van der Waals surface area (Å²) in [6.07, 6.45) is 6.56. The highest BCUT2D eigenvalue weighted by molar-refractivity contribution is 6.03. The van der Waals surface area contributed by atoms with E-state index in [9.17, 15) is 29.1 Å². The smallest absolute Gasteiger partial charge is 0.343 e. The second-order valence-corrected chi connectivity index (χ2v) is 19.2. The van der Waals surface area contributed by atoms with Crippen molar-refractivity contribution in [3.8, 4) is 34.1 Å². The predicted octanol–water partition coefficient (Wildman–Crippen LogP) is 11.5. The molecule has 0 radical (unpaired) electrons. The van der Waals surface area contributed by atoms with E-state index in [-0.39, 0.29) is 49.6 Å². The highest BCUT2D eigenvalue weighted by Crippen LogP contribution is 2.47. The zero-order chi connectivity index (χ0) is 51.0. The molecule has 1 aliphatic heterocycles. The van der Waals surface area contributed by atoms with Crippen LogP contribution in [0.5, 0.6) is 23.0 Å². The summed E-state index contributed by atoms with van der Waals surface area (Å²) in [6.45, 7) is 10.3. The number of carbonyl (C=O) groups is 5. The molecule has 3 atom stereocenters. The Morgan fingerprint density at radius 3 is 1.85 bits per heavy atom. The van der Waals surface area contributed by atoms with Gasteiger partial charge in [0, 0.05) is 22.7 Å². The quantitative estimate of drug-likeness (QED) is 0.0134. The molecule has 0 aliphatic carbocycles. The van der Waals surface area contributed by atoms with Crippen molar-refractivity contribution in [3.63, 3.8) is 0 Å². The number of hydrogen-bond donors (Lipinski definition) is 2. The first-order valence-electron chi connectivity index (χ1n) is 24.1. The number of anilines is 1.